The number of halogens is 2. The quantitative estimate of drug-likeness (QED) is 0.573. The number of hydrogen-bond donors (Lipinski definition) is 0. The molecule has 3 rings (SSSR count). The molecule has 2 heterocycles. The highest BCUT2D eigenvalue weighted by Gasteiger charge is 2.04. The van der Waals surface area contributed by atoms with Gasteiger partial charge in [-0.1, -0.05) is 29.8 Å². The first-order chi connectivity index (χ1) is 8.24. The van der Waals surface area contributed by atoms with E-state index in [0.29, 0.717) is 0 Å². The summed E-state index contributed by atoms with van der Waals surface area (Å²) in [6.45, 7) is 2.07. The zero-order valence-corrected chi connectivity index (χ0v) is 12.9. The predicted octanol–water partition coefficient (Wildman–Crippen LogP) is 4.58. The molecule has 2 nitrogen and oxygen atoms in total. The van der Waals surface area contributed by atoms with Gasteiger partial charge >= 0.3 is 0 Å². The molecule has 0 saturated heterocycles. The van der Waals surface area contributed by atoms with E-state index in [0.717, 1.165) is 21.9 Å². The maximum atomic E-state index is 5.88. The van der Waals surface area contributed by atoms with Crippen LogP contribution in [0.1, 0.15) is 5.69 Å². The summed E-state index contributed by atoms with van der Waals surface area (Å²) >= 11 is 5.88. The Kier molecular flexibility index (Phi) is 3.92. The molecule has 0 aliphatic rings. The Morgan fingerprint density at radius 1 is 1.06 bits per heavy atom. The average Bonchev–Trinajstić information content (AvgIpc) is 2.75. The molecule has 0 saturated carbocycles. The molecule has 0 atom stereocenters. The van der Waals surface area contributed by atoms with Crippen LogP contribution in [0.25, 0.3) is 16.9 Å². The van der Waals surface area contributed by atoms with Crippen LogP contribution in [0.5, 0.6) is 0 Å². The third kappa shape index (κ3) is 2.37. The highest BCUT2D eigenvalue weighted by molar-refractivity contribution is 14.0. The van der Waals surface area contributed by atoms with Gasteiger partial charge in [0.15, 0.2) is 0 Å². The van der Waals surface area contributed by atoms with Crippen molar-refractivity contribution in [1.82, 2.24) is 9.38 Å². The number of fused-ring (bicyclic) bond motifs is 1. The standard InChI is InChI=1S/C14H11ClN2.HI/c1-10-3-2-4-14-16-13(9-17(10)14)11-5-7-12(15)8-6-11;/h2-9H,1H3;1H. The van der Waals surface area contributed by atoms with Gasteiger partial charge in [0.05, 0.1) is 5.69 Å². The minimum Gasteiger partial charge on any atom is -0.304 e. The molecule has 18 heavy (non-hydrogen) atoms. The molecule has 0 N–H and O–H groups in total. The molecule has 0 unspecified atom stereocenters. The number of imidazole rings is 1. The Bertz CT molecular complexity index is 674. The van der Waals surface area contributed by atoms with Crippen molar-refractivity contribution >= 4 is 41.2 Å². The Hall–Kier alpha value is -1.07. The number of nitrogens with zero attached hydrogens (tertiary/aromatic N) is 2. The van der Waals surface area contributed by atoms with Gasteiger partial charge in [0.2, 0.25) is 0 Å². The maximum Gasteiger partial charge on any atom is 0.137 e. The van der Waals surface area contributed by atoms with Crippen molar-refractivity contribution in [3.8, 4) is 11.3 Å². The SMILES string of the molecule is Cc1cccc2nc(-c3ccc(Cl)cc3)cn12.I. The van der Waals surface area contributed by atoms with Crippen LogP contribution in [0.3, 0.4) is 0 Å². The van der Waals surface area contributed by atoms with Crippen molar-refractivity contribution in [3.05, 3.63) is 59.4 Å². The van der Waals surface area contributed by atoms with Gasteiger partial charge < -0.3 is 4.40 Å². The second-order valence-electron chi connectivity index (χ2n) is 4.03. The van der Waals surface area contributed by atoms with E-state index in [9.17, 15) is 0 Å². The fourth-order valence-corrected chi connectivity index (χ4v) is 2.03. The lowest BCUT2D eigenvalue weighted by Gasteiger charge is -1.96. The highest BCUT2D eigenvalue weighted by Crippen LogP contribution is 2.21. The molecule has 0 radical (unpaired) electrons. The van der Waals surface area contributed by atoms with Crippen LogP contribution in [0.4, 0.5) is 0 Å². The molecule has 92 valence electrons. The molecule has 0 aliphatic heterocycles. The van der Waals surface area contributed by atoms with E-state index >= 15 is 0 Å². The Morgan fingerprint density at radius 2 is 1.78 bits per heavy atom. The van der Waals surface area contributed by atoms with Crippen LogP contribution in [-0.4, -0.2) is 9.38 Å². The fourth-order valence-electron chi connectivity index (χ4n) is 1.91. The summed E-state index contributed by atoms with van der Waals surface area (Å²) in [6, 6.07) is 13.8. The normalized spacial score (nSPS) is 10.3. The first kappa shape index (κ1) is 13.4. The van der Waals surface area contributed by atoms with Crippen LogP contribution >= 0.6 is 35.6 Å². The minimum absolute atomic E-state index is 0. The molecule has 2 aromatic heterocycles. The number of benzene rings is 1. The zero-order chi connectivity index (χ0) is 11.8. The first-order valence-electron chi connectivity index (χ1n) is 5.45. The summed E-state index contributed by atoms with van der Waals surface area (Å²) in [5.74, 6) is 0. The van der Waals surface area contributed by atoms with Crippen molar-refractivity contribution in [2.24, 2.45) is 0 Å². The molecule has 0 spiro atoms. The van der Waals surface area contributed by atoms with Crippen molar-refractivity contribution in [1.29, 1.82) is 0 Å². The average molecular weight is 371 g/mol. The lowest BCUT2D eigenvalue weighted by atomic mass is 10.2. The molecular weight excluding hydrogens is 359 g/mol. The summed E-state index contributed by atoms with van der Waals surface area (Å²) in [5, 5.41) is 0.744. The topological polar surface area (TPSA) is 17.3 Å². The monoisotopic (exact) mass is 370 g/mol. The van der Waals surface area contributed by atoms with E-state index in [2.05, 4.69) is 22.4 Å². The number of hydrogen-bond acceptors (Lipinski definition) is 1. The third-order valence-electron chi connectivity index (χ3n) is 2.84. The molecule has 0 fully saturated rings. The van der Waals surface area contributed by atoms with E-state index in [-0.39, 0.29) is 24.0 Å². The van der Waals surface area contributed by atoms with Gasteiger partial charge in [-0.3, -0.25) is 0 Å². The van der Waals surface area contributed by atoms with Gasteiger partial charge in [0.1, 0.15) is 5.65 Å². The number of rotatable bonds is 1. The van der Waals surface area contributed by atoms with Gasteiger partial charge in [-0.05, 0) is 31.2 Å². The summed E-state index contributed by atoms with van der Waals surface area (Å²) in [5.41, 5.74) is 4.19. The van der Waals surface area contributed by atoms with Crippen LogP contribution in [-0.2, 0) is 0 Å². The second kappa shape index (κ2) is 5.28. The van der Waals surface area contributed by atoms with Crippen LogP contribution in [0.15, 0.2) is 48.7 Å². The lowest BCUT2D eigenvalue weighted by molar-refractivity contribution is 1.09. The van der Waals surface area contributed by atoms with Gasteiger partial charge in [0, 0.05) is 22.5 Å². The Morgan fingerprint density at radius 3 is 2.44 bits per heavy atom. The van der Waals surface area contributed by atoms with Gasteiger partial charge in [-0.25, -0.2) is 4.98 Å². The van der Waals surface area contributed by atoms with Gasteiger partial charge in [-0.15, -0.1) is 24.0 Å². The minimum atomic E-state index is 0. The Labute approximate surface area is 128 Å². The summed E-state index contributed by atoms with van der Waals surface area (Å²) < 4.78 is 2.09. The lowest BCUT2D eigenvalue weighted by Crippen LogP contribution is -1.86. The second-order valence-corrected chi connectivity index (χ2v) is 4.46. The van der Waals surface area contributed by atoms with E-state index < -0.39 is 0 Å². The molecule has 0 amide bonds. The van der Waals surface area contributed by atoms with E-state index in [4.69, 9.17) is 11.6 Å². The molecule has 4 heteroatoms. The van der Waals surface area contributed by atoms with Crippen molar-refractivity contribution in [2.45, 2.75) is 6.92 Å². The number of pyridine rings is 1. The molecule has 0 bridgehead atoms. The van der Waals surface area contributed by atoms with Gasteiger partial charge in [0.25, 0.3) is 0 Å². The number of aromatic nitrogens is 2. The van der Waals surface area contributed by atoms with Crippen molar-refractivity contribution in [3.63, 3.8) is 0 Å². The van der Waals surface area contributed by atoms with Crippen molar-refractivity contribution in [2.75, 3.05) is 0 Å². The van der Waals surface area contributed by atoms with E-state index in [1.165, 1.54) is 5.69 Å². The molecule has 0 aliphatic carbocycles. The Balaban J connectivity index is 0.00000120. The third-order valence-corrected chi connectivity index (χ3v) is 3.09. The van der Waals surface area contributed by atoms with Crippen LogP contribution in [0.2, 0.25) is 5.02 Å². The zero-order valence-electron chi connectivity index (χ0n) is 9.80. The van der Waals surface area contributed by atoms with Crippen LogP contribution in [0, 0.1) is 6.92 Å². The molecular formula is C14H12ClIN2. The van der Waals surface area contributed by atoms with Gasteiger partial charge in [-0.2, -0.15) is 0 Å². The van der Waals surface area contributed by atoms with Crippen LogP contribution < -0.4 is 0 Å². The smallest absolute Gasteiger partial charge is 0.137 e. The van der Waals surface area contributed by atoms with E-state index in [1.807, 2.05) is 42.6 Å². The summed E-state index contributed by atoms with van der Waals surface area (Å²) in [4.78, 5) is 4.59. The largest absolute Gasteiger partial charge is 0.304 e. The maximum absolute atomic E-state index is 5.88. The predicted molar refractivity (Wildman–Crippen MR) is 85.8 cm³/mol. The number of aryl methyl sites for hydroxylation is 1. The van der Waals surface area contributed by atoms with E-state index in [1.54, 1.807) is 0 Å². The molecule has 1 aromatic carbocycles. The summed E-state index contributed by atoms with van der Waals surface area (Å²) in [6.07, 6.45) is 2.05. The van der Waals surface area contributed by atoms with Crippen molar-refractivity contribution < 1.29 is 0 Å². The first-order valence-corrected chi connectivity index (χ1v) is 5.82. The fraction of sp³-hybridized carbons (Fsp3) is 0.0714. The summed E-state index contributed by atoms with van der Waals surface area (Å²) in [7, 11) is 0. The molecule has 3 aromatic rings. The highest BCUT2D eigenvalue weighted by atomic mass is 127.